The third kappa shape index (κ3) is 3.61. The molecule has 1 aliphatic carbocycles. The first-order chi connectivity index (χ1) is 13.8. The van der Waals surface area contributed by atoms with E-state index in [2.05, 4.69) is 5.32 Å². The Morgan fingerprint density at radius 2 is 2.17 bits per heavy atom. The molecule has 0 radical (unpaired) electrons. The molecule has 7 nitrogen and oxygen atoms in total. The fraction of sp³-hybridized carbons (Fsp3) is 0.500. The van der Waals surface area contributed by atoms with E-state index in [4.69, 9.17) is 9.84 Å². The molecule has 29 heavy (non-hydrogen) atoms. The molecule has 2 aliphatic rings. The van der Waals surface area contributed by atoms with Crippen LogP contribution in [0.2, 0.25) is 0 Å². The molecule has 2 heterocycles. The van der Waals surface area contributed by atoms with Crippen molar-refractivity contribution in [3.05, 3.63) is 34.4 Å². The summed E-state index contributed by atoms with van der Waals surface area (Å²) in [6.45, 7) is 1.69. The van der Waals surface area contributed by atoms with Gasteiger partial charge in [0.1, 0.15) is 11.4 Å². The fourth-order valence-corrected chi connectivity index (χ4v) is 4.03. The monoisotopic (exact) mass is 407 g/mol. The molecular formula is C20H23F2N3O4. The van der Waals surface area contributed by atoms with E-state index in [1.807, 2.05) is 0 Å². The number of rotatable bonds is 6. The quantitative estimate of drug-likeness (QED) is 0.769. The number of fused-ring (bicyclic) bond motifs is 1. The lowest BCUT2D eigenvalue weighted by Gasteiger charge is -2.26. The minimum absolute atomic E-state index is 0.0561. The third-order valence-corrected chi connectivity index (χ3v) is 5.47. The van der Waals surface area contributed by atoms with Crippen molar-refractivity contribution in [1.82, 2.24) is 9.88 Å². The number of nitrogens with zero attached hydrogens (tertiary/aromatic N) is 2. The second kappa shape index (κ2) is 7.20. The Balaban J connectivity index is 1.81. The Morgan fingerprint density at radius 3 is 2.83 bits per heavy atom. The lowest BCUT2D eigenvalue weighted by Crippen LogP contribution is -2.41. The predicted octanol–water partition coefficient (Wildman–Crippen LogP) is 3.06. The van der Waals surface area contributed by atoms with Crippen LogP contribution in [0.1, 0.15) is 32.2 Å². The van der Waals surface area contributed by atoms with Gasteiger partial charge >= 0.3 is 6.09 Å². The second-order valence-corrected chi connectivity index (χ2v) is 7.66. The van der Waals surface area contributed by atoms with Crippen LogP contribution in [-0.2, 0) is 0 Å². The highest BCUT2D eigenvalue weighted by atomic mass is 19.1. The van der Waals surface area contributed by atoms with Gasteiger partial charge in [-0.2, -0.15) is 0 Å². The van der Waals surface area contributed by atoms with Gasteiger partial charge in [0, 0.05) is 30.5 Å². The van der Waals surface area contributed by atoms with E-state index >= 15 is 8.78 Å². The van der Waals surface area contributed by atoms with Crippen molar-refractivity contribution in [3.8, 4) is 5.75 Å². The summed E-state index contributed by atoms with van der Waals surface area (Å²) in [4.78, 5) is 24.8. The van der Waals surface area contributed by atoms with Gasteiger partial charge in [-0.3, -0.25) is 4.79 Å². The minimum atomic E-state index is -1.81. The van der Waals surface area contributed by atoms with E-state index in [1.165, 1.54) is 17.0 Å². The van der Waals surface area contributed by atoms with Crippen LogP contribution in [0.5, 0.6) is 5.75 Å². The number of hydrogen-bond acceptors (Lipinski definition) is 4. The molecule has 0 bridgehead atoms. The molecule has 1 unspecified atom stereocenters. The molecule has 2 fully saturated rings. The molecule has 1 aromatic heterocycles. The Hall–Kier alpha value is -2.84. The van der Waals surface area contributed by atoms with Crippen LogP contribution in [0.4, 0.5) is 19.3 Å². The number of carboxylic acid groups (broad SMARTS) is 1. The zero-order valence-corrected chi connectivity index (χ0v) is 16.1. The molecule has 1 aliphatic heterocycles. The highest BCUT2D eigenvalue weighted by Crippen LogP contribution is 2.44. The predicted molar refractivity (Wildman–Crippen MR) is 104 cm³/mol. The number of aromatic nitrogens is 1. The van der Waals surface area contributed by atoms with Gasteiger partial charge in [-0.1, -0.05) is 0 Å². The van der Waals surface area contributed by atoms with Crippen molar-refractivity contribution >= 4 is 22.7 Å². The van der Waals surface area contributed by atoms with Crippen molar-refractivity contribution in [2.75, 3.05) is 31.1 Å². The average molecular weight is 407 g/mol. The van der Waals surface area contributed by atoms with Gasteiger partial charge in [-0.15, -0.1) is 0 Å². The molecule has 4 rings (SSSR count). The topological polar surface area (TPSA) is 83.8 Å². The van der Waals surface area contributed by atoms with Crippen molar-refractivity contribution in [2.24, 2.45) is 0 Å². The maximum absolute atomic E-state index is 15.1. The summed E-state index contributed by atoms with van der Waals surface area (Å²) in [5.41, 5.74) is -1.34. The summed E-state index contributed by atoms with van der Waals surface area (Å²) in [6.07, 6.45) is 0.492. The molecule has 1 aromatic carbocycles. The van der Waals surface area contributed by atoms with E-state index in [9.17, 15) is 9.59 Å². The zero-order valence-electron chi connectivity index (χ0n) is 16.1. The van der Waals surface area contributed by atoms with Gasteiger partial charge in [0.2, 0.25) is 0 Å². The zero-order chi connectivity index (χ0) is 20.8. The number of pyridine rings is 1. The van der Waals surface area contributed by atoms with Crippen molar-refractivity contribution in [3.63, 3.8) is 0 Å². The van der Waals surface area contributed by atoms with Gasteiger partial charge < -0.3 is 24.6 Å². The minimum Gasteiger partial charge on any atom is -0.489 e. The number of anilines is 1. The van der Waals surface area contributed by atoms with Gasteiger partial charge in [0.25, 0.3) is 5.56 Å². The normalized spacial score (nSPS) is 21.6. The molecule has 1 atom stereocenters. The van der Waals surface area contributed by atoms with E-state index in [-0.39, 0.29) is 55.7 Å². The van der Waals surface area contributed by atoms with Crippen molar-refractivity contribution < 1.29 is 23.4 Å². The molecule has 1 amide bonds. The molecule has 9 heteroatoms. The van der Waals surface area contributed by atoms with Crippen LogP contribution in [0, 0.1) is 5.82 Å². The summed E-state index contributed by atoms with van der Waals surface area (Å²) < 4.78 is 37.7. The molecule has 156 valence electrons. The van der Waals surface area contributed by atoms with E-state index < -0.39 is 17.6 Å². The van der Waals surface area contributed by atoms with Crippen LogP contribution >= 0.6 is 0 Å². The summed E-state index contributed by atoms with van der Waals surface area (Å²) >= 11 is 0. The van der Waals surface area contributed by atoms with Crippen LogP contribution in [-0.4, -0.2) is 47.7 Å². The summed E-state index contributed by atoms with van der Waals surface area (Å²) in [7, 11) is 0. The molecule has 0 spiro atoms. The van der Waals surface area contributed by atoms with Crippen molar-refractivity contribution in [1.29, 1.82) is 0 Å². The standard InChI is InChI=1S/C20H23F2N3O4/c1-2-29-18-16-12(3-6-15(26)25(16)13-4-5-13)9-14(21)17(18)24-8-7-20(22,11-24)10-23-19(27)28/h3,6,9,13,23H,2,4-5,7-8,10-11H2,1H3,(H,27,28). The highest BCUT2D eigenvalue weighted by Gasteiger charge is 2.41. The smallest absolute Gasteiger partial charge is 0.404 e. The second-order valence-electron chi connectivity index (χ2n) is 7.66. The first-order valence-electron chi connectivity index (χ1n) is 9.74. The van der Waals surface area contributed by atoms with Gasteiger partial charge in [-0.05, 0) is 31.9 Å². The number of alkyl halides is 1. The van der Waals surface area contributed by atoms with Gasteiger partial charge in [-0.25, -0.2) is 13.6 Å². The number of hydrogen-bond donors (Lipinski definition) is 2. The Labute approximate surface area is 165 Å². The largest absolute Gasteiger partial charge is 0.489 e. The Morgan fingerprint density at radius 1 is 1.41 bits per heavy atom. The third-order valence-electron chi connectivity index (χ3n) is 5.47. The van der Waals surface area contributed by atoms with Crippen LogP contribution < -0.4 is 20.5 Å². The first-order valence-corrected chi connectivity index (χ1v) is 9.74. The lowest BCUT2D eigenvalue weighted by atomic mass is 10.1. The van der Waals surface area contributed by atoms with Gasteiger partial charge in [0.05, 0.1) is 25.2 Å². The summed E-state index contributed by atoms with van der Waals surface area (Å²) in [5, 5.41) is 11.4. The molecule has 1 saturated heterocycles. The number of ether oxygens (including phenoxy) is 1. The number of nitrogens with one attached hydrogen (secondary N) is 1. The SMILES string of the molecule is CCOc1c(N2CCC(F)(CNC(=O)O)C2)c(F)cc2ccc(=O)n(C3CC3)c12. The maximum atomic E-state index is 15.1. The average Bonchev–Trinajstić information content (AvgIpc) is 3.43. The van der Waals surface area contributed by atoms with Crippen LogP contribution in [0.15, 0.2) is 23.0 Å². The number of halogens is 2. The van der Waals surface area contributed by atoms with Crippen LogP contribution in [0.3, 0.4) is 0 Å². The molecule has 2 aromatic rings. The molecule has 1 saturated carbocycles. The van der Waals surface area contributed by atoms with Gasteiger partial charge in [0.15, 0.2) is 11.6 Å². The van der Waals surface area contributed by atoms with Crippen LogP contribution in [0.25, 0.3) is 10.9 Å². The number of carbonyl (C=O) groups is 1. The van der Waals surface area contributed by atoms with Crippen molar-refractivity contribution in [2.45, 2.75) is 37.9 Å². The highest BCUT2D eigenvalue weighted by molar-refractivity contribution is 5.91. The summed E-state index contributed by atoms with van der Waals surface area (Å²) in [6, 6.07) is 4.41. The van der Waals surface area contributed by atoms with E-state index in [1.54, 1.807) is 17.6 Å². The molecule has 2 N–H and O–H groups in total. The first kappa shape index (κ1) is 19.5. The fourth-order valence-electron chi connectivity index (χ4n) is 4.03. The number of amides is 1. The molecular weight excluding hydrogens is 384 g/mol. The Bertz CT molecular complexity index is 1020. The van der Waals surface area contributed by atoms with E-state index in [0.29, 0.717) is 10.9 Å². The lowest BCUT2D eigenvalue weighted by molar-refractivity contribution is 0.163. The summed E-state index contributed by atoms with van der Waals surface area (Å²) in [5.74, 6) is -0.320. The van der Waals surface area contributed by atoms with E-state index in [0.717, 1.165) is 12.8 Å². The number of benzene rings is 1. The maximum Gasteiger partial charge on any atom is 0.404 e. The Kier molecular flexibility index (Phi) is 4.84.